The van der Waals surface area contributed by atoms with Crippen LogP contribution >= 0.6 is 0 Å². The topological polar surface area (TPSA) is 38.8 Å². The summed E-state index contributed by atoms with van der Waals surface area (Å²) in [7, 11) is 1.44. The molecular formula is C12H23NO3. The number of methoxy groups -OCH3 is 1. The van der Waals surface area contributed by atoms with Crippen molar-refractivity contribution in [2.24, 2.45) is 5.92 Å². The Labute approximate surface area is 97.9 Å². The van der Waals surface area contributed by atoms with Crippen molar-refractivity contribution in [1.82, 2.24) is 4.90 Å². The van der Waals surface area contributed by atoms with Crippen LogP contribution in [0.5, 0.6) is 0 Å². The molecule has 0 radical (unpaired) electrons. The fourth-order valence-corrected chi connectivity index (χ4v) is 1.92. The minimum Gasteiger partial charge on any atom is -0.453 e. The van der Waals surface area contributed by atoms with Gasteiger partial charge in [0.05, 0.1) is 7.11 Å². The molecule has 0 atom stereocenters. The Kier molecular flexibility index (Phi) is 4.59. The van der Waals surface area contributed by atoms with Crippen LogP contribution in [0.25, 0.3) is 0 Å². The zero-order chi connectivity index (χ0) is 12.2. The number of amides is 1. The maximum absolute atomic E-state index is 11.7. The molecule has 1 amide bonds. The molecule has 16 heavy (non-hydrogen) atoms. The van der Waals surface area contributed by atoms with Crippen molar-refractivity contribution in [3.63, 3.8) is 0 Å². The van der Waals surface area contributed by atoms with E-state index < -0.39 is 0 Å². The number of hydrogen-bond donors (Lipinski definition) is 0. The molecule has 1 rings (SSSR count). The molecule has 0 aromatic carbocycles. The first-order valence-electron chi connectivity index (χ1n) is 5.88. The highest BCUT2D eigenvalue weighted by molar-refractivity contribution is 5.68. The van der Waals surface area contributed by atoms with Crippen molar-refractivity contribution in [3.8, 4) is 0 Å². The van der Waals surface area contributed by atoms with Crippen molar-refractivity contribution in [1.29, 1.82) is 0 Å². The first-order valence-corrected chi connectivity index (χ1v) is 5.88. The van der Waals surface area contributed by atoms with Crippen LogP contribution in [0, 0.1) is 5.92 Å². The van der Waals surface area contributed by atoms with Crippen molar-refractivity contribution in [3.05, 3.63) is 0 Å². The van der Waals surface area contributed by atoms with Gasteiger partial charge in [0.2, 0.25) is 0 Å². The molecule has 1 heterocycles. The lowest BCUT2D eigenvalue weighted by molar-refractivity contribution is 0.0314. The summed E-state index contributed by atoms with van der Waals surface area (Å²) in [5.41, 5.74) is -0.189. The van der Waals surface area contributed by atoms with E-state index in [0.29, 0.717) is 5.92 Å². The average molecular weight is 229 g/mol. The second-order valence-corrected chi connectivity index (χ2v) is 5.31. The third kappa shape index (κ3) is 3.67. The molecule has 0 aromatic heterocycles. The van der Waals surface area contributed by atoms with Crippen LogP contribution in [0.1, 0.15) is 33.6 Å². The van der Waals surface area contributed by atoms with Gasteiger partial charge in [-0.1, -0.05) is 0 Å². The minimum atomic E-state index is -0.237. The van der Waals surface area contributed by atoms with Gasteiger partial charge in [-0.15, -0.1) is 0 Å². The predicted molar refractivity (Wildman–Crippen MR) is 62.4 cm³/mol. The lowest BCUT2D eigenvalue weighted by Gasteiger charge is -2.37. The third-order valence-electron chi connectivity index (χ3n) is 2.99. The SMILES string of the molecule is COC(=O)N(CC1CCOCC1)C(C)(C)C. The highest BCUT2D eigenvalue weighted by Gasteiger charge is 2.30. The van der Waals surface area contributed by atoms with E-state index in [1.54, 1.807) is 0 Å². The molecule has 0 aliphatic carbocycles. The second kappa shape index (κ2) is 5.53. The third-order valence-corrected chi connectivity index (χ3v) is 2.99. The standard InChI is InChI=1S/C12H23NO3/c1-12(2,3)13(11(14)15-4)9-10-5-7-16-8-6-10/h10H,5-9H2,1-4H3. The zero-order valence-electron chi connectivity index (χ0n) is 10.8. The summed E-state index contributed by atoms with van der Waals surface area (Å²) in [6.45, 7) is 8.48. The molecule has 0 aromatic rings. The van der Waals surface area contributed by atoms with Crippen LogP contribution in [-0.4, -0.2) is 43.4 Å². The highest BCUT2D eigenvalue weighted by Crippen LogP contribution is 2.22. The van der Waals surface area contributed by atoms with E-state index in [1.807, 2.05) is 25.7 Å². The summed E-state index contributed by atoms with van der Waals surface area (Å²) >= 11 is 0. The largest absolute Gasteiger partial charge is 0.453 e. The van der Waals surface area contributed by atoms with E-state index in [1.165, 1.54) is 7.11 Å². The van der Waals surface area contributed by atoms with E-state index in [4.69, 9.17) is 9.47 Å². The monoisotopic (exact) mass is 229 g/mol. The van der Waals surface area contributed by atoms with E-state index in [9.17, 15) is 4.79 Å². The molecule has 1 aliphatic heterocycles. The Hall–Kier alpha value is -0.770. The smallest absolute Gasteiger partial charge is 0.409 e. The summed E-state index contributed by atoms with van der Waals surface area (Å²) < 4.78 is 10.2. The molecule has 1 aliphatic rings. The second-order valence-electron chi connectivity index (χ2n) is 5.31. The van der Waals surface area contributed by atoms with Crippen molar-refractivity contribution >= 4 is 6.09 Å². The van der Waals surface area contributed by atoms with Gasteiger partial charge >= 0.3 is 6.09 Å². The number of carbonyl (C=O) groups excluding carboxylic acids is 1. The summed E-state index contributed by atoms with van der Waals surface area (Å²) in [5.74, 6) is 0.534. The lowest BCUT2D eigenvalue weighted by Crippen LogP contribution is -2.48. The molecule has 0 spiro atoms. The van der Waals surface area contributed by atoms with E-state index in [-0.39, 0.29) is 11.6 Å². The number of rotatable bonds is 2. The summed E-state index contributed by atoms with van der Waals surface area (Å²) in [6, 6.07) is 0. The van der Waals surface area contributed by atoms with Gasteiger partial charge < -0.3 is 14.4 Å². The Morgan fingerprint density at radius 2 is 1.94 bits per heavy atom. The fraction of sp³-hybridized carbons (Fsp3) is 0.917. The number of nitrogens with zero attached hydrogens (tertiary/aromatic N) is 1. The van der Waals surface area contributed by atoms with E-state index in [2.05, 4.69) is 0 Å². The molecule has 4 nitrogen and oxygen atoms in total. The lowest BCUT2D eigenvalue weighted by atomic mass is 9.97. The highest BCUT2D eigenvalue weighted by atomic mass is 16.5. The van der Waals surface area contributed by atoms with Crippen LogP contribution in [0.15, 0.2) is 0 Å². The zero-order valence-corrected chi connectivity index (χ0v) is 10.8. The average Bonchev–Trinajstić information content (AvgIpc) is 2.25. The van der Waals surface area contributed by atoms with Crippen LogP contribution in [0.3, 0.4) is 0 Å². The predicted octanol–water partition coefficient (Wildman–Crippen LogP) is 2.28. The van der Waals surface area contributed by atoms with Gasteiger partial charge in [0.15, 0.2) is 0 Å². The molecule has 0 unspecified atom stereocenters. The minimum absolute atomic E-state index is 0.189. The van der Waals surface area contributed by atoms with Crippen molar-refractivity contribution in [2.75, 3.05) is 26.9 Å². The number of carbonyl (C=O) groups is 1. The van der Waals surface area contributed by atoms with Gasteiger partial charge in [0.25, 0.3) is 0 Å². The van der Waals surface area contributed by atoms with Gasteiger partial charge in [-0.05, 0) is 39.5 Å². The summed E-state index contributed by atoms with van der Waals surface area (Å²) in [5, 5.41) is 0. The number of hydrogen-bond acceptors (Lipinski definition) is 3. The van der Waals surface area contributed by atoms with Crippen LogP contribution in [0.2, 0.25) is 0 Å². The Morgan fingerprint density at radius 3 is 2.38 bits per heavy atom. The Morgan fingerprint density at radius 1 is 1.38 bits per heavy atom. The maximum atomic E-state index is 11.7. The Balaban J connectivity index is 2.59. The molecule has 1 fully saturated rings. The maximum Gasteiger partial charge on any atom is 0.409 e. The van der Waals surface area contributed by atoms with Crippen LogP contribution in [0.4, 0.5) is 4.79 Å². The van der Waals surface area contributed by atoms with Crippen molar-refractivity contribution in [2.45, 2.75) is 39.2 Å². The van der Waals surface area contributed by atoms with Gasteiger partial charge in [0, 0.05) is 25.3 Å². The summed E-state index contributed by atoms with van der Waals surface area (Å²) in [4.78, 5) is 13.5. The fourth-order valence-electron chi connectivity index (χ4n) is 1.92. The van der Waals surface area contributed by atoms with Crippen molar-refractivity contribution < 1.29 is 14.3 Å². The summed E-state index contributed by atoms with van der Waals surface area (Å²) in [6.07, 6.45) is 1.83. The van der Waals surface area contributed by atoms with E-state index in [0.717, 1.165) is 32.6 Å². The van der Waals surface area contributed by atoms with Gasteiger partial charge in [-0.3, -0.25) is 0 Å². The van der Waals surface area contributed by atoms with Crippen LogP contribution in [-0.2, 0) is 9.47 Å². The molecule has 0 bridgehead atoms. The van der Waals surface area contributed by atoms with E-state index >= 15 is 0 Å². The first kappa shape index (κ1) is 13.3. The first-order chi connectivity index (χ1) is 7.45. The quantitative estimate of drug-likeness (QED) is 0.729. The molecule has 0 N–H and O–H groups in total. The van der Waals surface area contributed by atoms with Gasteiger partial charge in [0.1, 0.15) is 0 Å². The molecule has 0 saturated carbocycles. The normalized spacial score (nSPS) is 18.2. The molecule has 1 saturated heterocycles. The molecule has 94 valence electrons. The molecule has 4 heteroatoms. The number of ether oxygens (including phenoxy) is 2. The van der Waals surface area contributed by atoms with Crippen LogP contribution < -0.4 is 0 Å². The van der Waals surface area contributed by atoms with Gasteiger partial charge in [-0.25, -0.2) is 4.79 Å². The molecular weight excluding hydrogens is 206 g/mol. The van der Waals surface area contributed by atoms with Gasteiger partial charge in [-0.2, -0.15) is 0 Å². The Bertz CT molecular complexity index is 229.